The summed E-state index contributed by atoms with van der Waals surface area (Å²) in [5.41, 5.74) is 0.688. The molecule has 17 heteroatoms. The number of aromatic nitrogens is 2. The number of piperazine rings is 1. The largest absolute Gasteiger partial charge is 0.449 e. The highest BCUT2D eigenvalue weighted by Crippen LogP contribution is 2.49. The zero-order valence-corrected chi connectivity index (χ0v) is 29.5. The summed E-state index contributed by atoms with van der Waals surface area (Å²) < 4.78 is 34.7. The van der Waals surface area contributed by atoms with E-state index in [9.17, 15) is 18.9 Å². The van der Waals surface area contributed by atoms with Gasteiger partial charge in [-0.05, 0) is 26.7 Å². The predicted octanol–water partition coefficient (Wildman–Crippen LogP) is 3.68. The Morgan fingerprint density at radius 2 is 1.63 bits per heavy atom. The summed E-state index contributed by atoms with van der Waals surface area (Å²) in [4.78, 5) is 64.7. The van der Waals surface area contributed by atoms with E-state index in [1.165, 1.54) is 9.80 Å². The Morgan fingerprint density at radius 1 is 0.959 bits per heavy atom. The number of methoxy groups -OCH3 is 1. The lowest BCUT2D eigenvalue weighted by Crippen LogP contribution is -2.57. The summed E-state index contributed by atoms with van der Waals surface area (Å²) in [7, 11) is -2.59. The van der Waals surface area contributed by atoms with E-state index in [1.807, 2.05) is 42.2 Å². The lowest BCUT2D eigenvalue weighted by atomic mass is 10.2. The Hall–Kier alpha value is -3.66. The van der Waals surface area contributed by atoms with Crippen LogP contribution in [0, 0.1) is 0 Å². The quantitative estimate of drug-likeness (QED) is 0.109. The van der Waals surface area contributed by atoms with Gasteiger partial charge in [0.05, 0.1) is 32.1 Å². The average molecular weight is 707 g/mol. The lowest BCUT2D eigenvalue weighted by molar-refractivity contribution is -0.263. The molecule has 4 rings (SSSR count). The van der Waals surface area contributed by atoms with Crippen LogP contribution in [0.5, 0.6) is 0 Å². The van der Waals surface area contributed by atoms with Crippen LogP contribution in [0.15, 0.2) is 36.4 Å². The van der Waals surface area contributed by atoms with Crippen LogP contribution in [-0.4, -0.2) is 122 Å². The molecule has 2 fully saturated rings. The maximum atomic E-state index is 14.0. The van der Waals surface area contributed by atoms with Crippen LogP contribution in [0.3, 0.4) is 0 Å². The fourth-order valence-electron chi connectivity index (χ4n) is 5.26. The molecule has 2 aliphatic rings. The van der Waals surface area contributed by atoms with Gasteiger partial charge in [-0.3, -0.25) is 14.2 Å². The van der Waals surface area contributed by atoms with Crippen LogP contribution in [-0.2, 0) is 38.0 Å². The highest BCUT2D eigenvalue weighted by atomic mass is 31.2. The number of ether oxygens (including phenoxy) is 2. The maximum absolute atomic E-state index is 14.0. The maximum Gasteiger partial charge on any atom is 0.409 e. The SMILES string of the molecule is CCCCOC(=O)N1CCN(C(=O)C(CP(=O)(OOCC)OOCC)NC(=O)c2cc(N3CC[C@H](OC)C3)nc(-c3ccccc3)n2)CC1. The zero-order chi connectivity index (χ0) is 35.2. The minimum atomic E-state index is -4.25. The van der Waals surface area contributed by atoms with Gasteiger partial charge >= 0.3 is 13.7 Å². The van der Waals surface area contributed by atoms with Gasteiger partial charge in [-0.25, -0.2) is 24.5 Å². The molecule has 270 valence electrons. The molecule has 0 aliphatic carbocycles. The monoisotopic (exact) mass is 706 g/mol. The van der Waals surface area contributed by atoms with Crippen LogP contribution in [0.4, 0.5) is 10.6 Å². The van der Waals surface area contributed by atoms with Crippen molar-refractivity contribution in [3.05, 3.63) is 42.1 Å². The summed E-state index contributed by atoms with van der Waals surface area (Å²) in [5.74, 6) is -0.431. The van der Waals surface area contributed by atoms with Gasteiger partial charge in [0.15, 0.2) is 5.82 Å². The number of amides is 3. The van der Waals surface area contributed by atoms with Crippen molar-refractivity contribution in [1.29, 1.82) is 0 Å². The van der Waals surface area contributed by atoms with Gasteiger partial charge in [0, 0.05) is 58.0 Å². The van der Waals surface area contributed by atoms with Gasteiger partial charge in [0.2, 0.25) is 5.91 Å². The second kappa shape index (κ2) is 18.9. The van der Waals surface area contributed by atoms with Crippen molar-refractivity contribution >= 4 is 31.3 Å². The standard InChI is InChI=1S/C32H47N6O10P/c1-5-8-20-44-32(41)37-18-16-36(17-19-37)31(40)27(23-49(42,47-45-6-2)48-46-7-3)34-30(39)26-21-28(38-15-14-25(22-38)43-4)35-29(33-26)24-12-10-9-11-13-24/h9-13,21,25,27H,5-8,14-20,22-23H2,1-4H3,(H,34,39)/t25-,27?/m0/s1. The second-order valence-corrected chi connectivity index (χ2v) is 13.3. The first-order chi connectivity index (χ1) is 23.7. The van der Waals surface area contributed by atoms with E-state index in [-0.39, 0.29) is 51.2 Å². The van der Waals surface area contributed by atoms with Crippen LogP contribution in [0.25, 0.3) is 11.4 Å². The van der Waals surface area contributed by atoms with Gasteiger partial charge in [-0.2, -0.15) is 0 Å². The first-order valence-corrected chi connectivity index (χ1v) is 18.4. The van der Waals surface area contributed by atoms with Crippen molar-refractivity contribution in [2.75, 3.05) is 77.3 Å². The van der Waals surface area contributed by atoms with Gasteiger partial charge < -0.3 is 29.5 Å². The average Bonchev–Trinajstić information content (AvgIpc) is 3.63. The fraction of sp³-hybridized carbons (Fsp3) is 0.594. The van der Waals surface area contributed by atoms with E-state index in [0.717, 1.165) is 19.3 Å². The van der Waals surface area contributed by atoms with Crippen molar-refractivity contribution in [2.45, 2.75) is 52.2 Å². The van der Waals surface area contributed by atoms with Crippen molar-refractivity contribution in [1.82, 2.24) is 25.1 Å². The minimum Gasteiger partial charge on any atom is -0.449 e. The molecule has 2 atom stereocenters. The molecule has 0 saturated carbocycles. The predicted molar refractivity (Wildman–Crippen MR) is 179 cm³/mol. The lowest BCUT2D eigenvalue weighted by Gasteiger charge is -2.36. The van der Waals surface area contributed by atoms with E-state index in [0.29, 0.717) is 36.9 Å². The van der Waals surface area contributed by atoms with E-state index >= 15 is 0 Å². The Bertz CT molecular complexity index is 1420. The van der Waals surface area contributed by atoms with Crippen molar-refractivity contribution in [2.24, 2.45) is 0 Å². The van der Waals surface area contributed by atoms with Crippen molar-refractivity contribution in [3.63, 3.8) is 0 Å². The summed E-state index contributed by atoms with van der Waals surface area (Å²) in [6.45, 7) is 7.61. The van der Waals surface area contributed by atoms with Crippen LogP contribution in [0.2, 0.25) is 0 Å². The molecule has 2 aliphatic heterocycles. The molecule has 0 spiro atoms. The van der Waals surface area contributed by atoms with Crippen molar-refractivity contribution < 1.29 is 47.5 Å². The third kappa shape index (κ3) is 10.9. The first kappa shape index (κ1) is 38.1. The number of anilines is 1. The number of hydrogen-bond donors (Lipinski definition) is 1. The Balaban J connectivity index is 1.60. The molecule has 0 bridgehead atoms. The molecule has 1 aromatic heterocycles. The number of carbonyl (C=O) groups excluding carboxylic acids is 3. The normalized spacial score (nSPS) is 17.2. The number of benzene rings is 1. The Kier molecular flexibility index (Phi) is 14.7. The first-order valence-electron chi connectivity index (χ1n) is 16.6. The van der Waals surface area contributed by atoms with E-state index < -0.39 is 37.7 Å². The van der Waals surface area contributed by atoms with E-state index in [4.69, 9.17) is 33.6 Å². The molecule has 2 saturated heterocycles. The van der Waals surface area contributed by atoms with Gasteiger partial charge in [0.1, 0.15) is 17.6 Å². The summed E-state index contributed by atoms with van der Waals surface area (Å²) in [6, 6.07) is 9.36. The third-order valence-corrected chi connectivity index (χ3v) is 9.41. The number of unbranched alkanes of at least 4 members (excludes halogenated alkanes) is 1. The molecule has 16 nitrogen and oxygen atoms in total. The van der Waals surface area contributed by atoms with Crippen LogP contribution >= 0.6 is 7.60 Å². The zero-order valence-electron chi connectivity index (χ0n) is 28.6. The molecule has 49 heavy (non-hydrogen) atoms. The smallest absolute Gasteiger partial charge is 0.409 e. The molecule has 1 N–H and O–H groups in total. The highest BCUT2D eigenvalue weighted by molar-refractivity contribution is 7.53. The topological polar surface area (TPSA) is 171 Å². The van der Waals surface area contributed by atoms with E-state index in [2.05, 4.69) is 10.3 Å². The molecule has 0 radical (unpaired) electrons. The second-order valence-electron chi connectivity index (χ2n) is 11.5. The van der Waals surface area contributed by atoms with Gasteiger partial charge in [-0.15, -0.1) is 9.35 Å². The summed E-state index contributed by atoms with van der Waals surface area (Å²) >= 11 is 0. The Morgan fingerprint density at radius 3 is 2.24 bits per heavy atom. The number of rotatable bonds is 17. The summed E-state index contributed by atoms with van der Waals surface area (Å²) in [6.07, 6.45) is 1.39. The molecule has 3 amide bonds. The molecule has 3 heterocycles. The highest BCUT2D eigenvalue weighted by Gasteiger charge is 2.40. The minimum absolute atomic E-state index is 0.00607. The fourth-order valence-corrected chi connectivity index (χ4v) is 6.64. The molecular weight excluding hydrogens is 659 g/mol. The number of nitrogens with one attached hydrogen (secondary N) is 1. The number of nitrogens with zero attached hydrogens (tertiary/aromatic N) is 5. The number of carbonyl (C=O) groups is 3. The van der Waals surface area contributed by atoms with Crippen molar-refractivity contribution in [3.8, 4) is 11.4 Å². The van der Waals surface area contributed by atoms with Crippen LogP contribution in [0.1, 0.15) is 50.5 Å². The number of hydrogen-bond acceptors (Lipinski definition) is 13. The van der Waals surface area contributed by atoms with Gasteiger partial charge in [0.25, 0.3) is 5.91 Å². The Labute approximate surface area is 286 Å². The van der Waals surface area contributed by atoms with Crippen LogP contribution < -0.4 is 10.2 Å². The molecule has 1 aromatic carbocycles. The molecular formula is C32H47N6O10P. The van der Waals surface area contributed by atoms with Gasteiger partial charge in [-0.1, -0.05) is 43.7 Å². The molecule has 1 unspecified atom stereocenters. The summed E-state index contributed by atoms with van der Waals surface area (Å²) in [5, 5.41) is 2.71. The van der Waals surface area contributed by atoms with E-state index in [1.54, 1.807) is 27.0 Å². The third-order valence-electron chi connectivity index (χ3n) is 7.93. The molecule has 2 aromatic rings.